The number of carbonyl (C=O) groups is 1. The molecule has 0 unspecified atom stereocenters. The lowest BCUT2D eigenvalue weighted by atomic mass is 9.81. The summed E-state index contributed by atoms with van der Waals surface area (Å²) >= 11 is 0. The Labute approximate surface area is 114 Å². The molecule has 7 heteroatoms. The number of aromatic nitrogens is 1. The van der Waals surface area contributed by atoms with Gasteiger partial charge in [0.25, 0.3) is 0 Å². The molecule has 0 aliphatic rings. The van der Waals surface area contributed by atoms with Crippen molar-refractivity contribution in [3.63, 3.8) is 0 Å². The molecule has 3 N–H and O–H groups in total. The van der Waals surface area contributed by atoms with Crippen LogP contribution in [0, 0.1) is 0 Å². The average Bonchev–Trinajstić information content (AvgIpc) is 2.29. The van der Waals surface area contributed by atoms with Crippen LogP contribution < -0.4 is 10.8 Å². The molecule has 1 heterocycles. The summed E-state index contributed by atoms with van der Waals surface area (Å²) in [5.74, 6) is 0.199. The van der Waals surface area contributed by atoms with E-state index >= 15 is 0 Å². The van der Waals surface area contributed by atoms with Crippen LogP contribution in [0.25, 0.3) is 0 Å². The fourth-order valence-corrected chi connectivity index (χ4v) is 1.08. The van der Waals surface area contributed by atoms with Gasteiger partial charge in [-0.3, -0.25) is 5.32 Å². The van der Waals surface area contributed by atoms with Gasteiger partial charge in [-0.25, -0.2) is 9.78 Å². The zero-order chi connectivity index (χ0) is 15.1. The van der Waals surface area contributed by atoms with E-state index in [2.05, 4.69) is 10.3 Å². The van der Waals surface area contributed by atoms with Gasteiger partial charge < -0.3 is 14.8 Å². The Balaban J connectivity index is 0.00000154. The molecule has 1 aromatic rings. The van der Waals surface area contributed by atoms with E-state index in [0.29, 0.717) is 0 Å². The molecule has 0 aromatic carbocycles. The van der Waals surface area contributed by atoms with Gasteiger partial charge in [0.05, 0.1) is 0 Å². The first-order valence-electron chi connectivity index (χ1n) is 6.10. The first kappa shape index (κ1) is 17.4. The van der Waals surface area contributed by atoms with E-state index in [-0.39, 0.29) is 11.3 Å². The standard InChI is InChI=1S/C10H15BN2O4.C2H6/c1-10(2,3)17-9(14)13-8-6-7(11(15)16)4-5-12-8;1-2/h4-6,15-16H,1-3H3,(H,12,13,14);1-2H3. The Hall–Kier alpha value is -1.60. The normalized spacial score (nSPS) is 10.1. The highest BCUT2D eigenvalue weighted by atomic mass is 16.6. The fourth-order valence-electron chi connectivity index (χ4n) is 1.08. The summed E-state index contributed by atoms with van der Waals surface area (Å²) in [5, 5.41) is 20.3. The van der Waals surface area contributed by atoms with Crippen LogP contribution in [0.15, 0.2) is 18.3 Å². The number of nitrogens with zero attached hydrogens (tertiary/aromatic N) is 1. The van der Waals surface area contributed by atoms with Crippen molar-refractivity contribution in [1.29, 1.82) is 0 Å². The predicted molar refractivity (Wildman–Crippen MR) is 75.3 cm³/mol. The van der Waals surface area contributed by atoms with Crippen molar-refractivity contribution in [2.75, 3.05) is 5.32 Å². The van der Waals surface area contributed by atoms with Crippen molar-refractivity contribution in [2.24, 2.45) is 0 Å². The highest BCUT2D eigenvalue weighted by molar-refractivity contribution is 6.58. The summed E-state index contributed by atoms with van der Waals surface area (Å²) < 4.78 is 5.03. The Morgan fingerprint density at radius 3 is 2.42 bits per heavy atom. The molecule has 0 saturated carbocycles. The summed E-state index contributed by atoms with van der Waals surface area (Å²) in [6.07, 6.45) is 0.719. The summed E-state index contributed by atoms with van der Waals surface area (Å²) in [7, 11) is -1.60. The second-order valence-electron chi connectivity index (χ2n) is 4.47. The number of ether oxygens (including phenoxy) is 1. The molecule has 0 aliphatic carbocycles. The van der Waals surface area contributed by atoms with Crippen LogP contribution >= 0.6 is 0 Å². The molecule has 1 amide bonds. The van der Waals surface area contributed by atoms with E-state index < -0.39 is 18.8 Å². The SMILES string of the molecule is CC.CC(C)(C)OC(=O)Nc1cc(B(O)O)ccn1. The van der Waals surface area contributed by atoms with Gasteiger partial charge >= 0.3 is 13.2 Å². The van der Waals surface area contributed by atoms with Gasteiger partial charge in [-0.15, -0.1) is 0 Å². The van der Waals surface area contributed by atoms with Crippen molar-refractivity contribution in [3.8, 4) is 0 Å². The molecule has 1 aromatic heterocycles. The number of anilines is 1. The molecule has 0 spiro atoms. The van der Waals surface area contributed by atoms with Crippen LogP contribution in [0.2, 0.25) is 0 Å². The minimum atomic E-state index is -1.60. The first-order valence-corrected chi connectivity index (χ1v) is 6.10. The van der Waals surface area contributed by atoms with E-state index in [1.54, 1.807) is 20.8 Å². The van der Waals surface area contributed by atoms with E-state index in [1.165, 1.54) is 18.3 Å². The van der Waals surface area contributed by atoms with Gasteiger partial charge in [-0.2, -0.15) is 0 Å². The van der Waals surface area contributed by atoms with Crippen LogP contribution in [-0.2, 0) is 4.74 Å². The number of hydrogen-bond donors (Lipinski definition) is 3. The van der Waals surface area contributed by atoms with Crippen LogP contribution in [0.3, 0.4) is 0 Å². The maximum Gasteiger partial charge on any atom is 0.488 e. The van der Waals surface area contributed by atoms with Gasteiger partial charge in [-0.05, 0) is 38.4 Å². The van der Waals surface area contributed by atoms with Crippen LogP contribution in [0.5, 0.6) is 0 Å². The molecule has 0 bridgehead atoms. The maximum absolute atomic E-state index is 11.4. The van der Waals surface area contributed by atoms with Gasteiger partial charge in [-0.1, -0.05) is 13.8 Å². The molecule has 1 rings (SSSR count). The fraction of sp³-hybridized carbons (Fsp3) is 0.500. The molecule has 19 heavy (non-hydrogen) atoms. The number of pyridine rings is 1. The van der Waals surface area contributed by atoms with Crippen LogP contribution in [0.4, 0.5) is 10.6 Å². The molecule has 0 atom stereocenters. The first-order chi connectivity index (χ1) is 8.78. The van der Waals surface area contributed by atoms with Gasteiger partial charge in [0.15, 0.2) is 0 Å². The van der Waals surface area contributed by atoms with Crippen molar-refractivity contribution < 1.29 is 19.6 Å². The Bertz CT molecular complexity index is 405. The summed E-state index contributed by atoms with van der Waals surface area (Å²) in [6.45, 7) is 9.23. The zero-order valence-electron chi connectivity index (χ0n) is 12.0. The maximum atomic E-state index is 11.4. The quantitative estimate of drug-likeness (QED) is 0.699. The molecule has 0 saturated heterocycles. The molecule has 6 nitrogen and oxygen atoms in total. The number of carbonyl (C=O) groups excluding carboxylic acids is 1. The van der Waals surface area contributed by atoms with Crippen LogP contribution in [0.1, 0.15) is 34.6 Å². The third kappa shape index (κ3) is 7.43. The summed E-state index contributed by atoms with van der Waals surface area (Å²) in [6, 6.07) is 2.79. The lowest BCUT2D eigenvalue weighted by Crippen LogP contribution is -2.31. The number of rotatable bonds is 2. The zero-order valence-corrected chi connectivity index (χ0v) is 12.0. The highest BCUT2D eigenvalue weighted by Gasteiger charge is 2.17. The third-order valence-corrected chi connectivity index (χ3v) is 1.71. The second kappa shape index (κ2) is 7.76. The number of nitrogens with one attached hydrogen (secondary N) is 1. The predicted octanol–water partition coefficient (Wildman–Crippen LogP) is 1.13. The van der Waals surface area contributed by atoms with Crippen molar-refractivity contribution in [2.45, 2.75) is 40.2 Å². The summed E-state index contributed by atoms with van der Waals surface area (Å²) in [4.78, 5) is 15.3. The Kier molecular flexibility index (Phi) is 7.10. The lowest BCUT2D eigenvalue weighted by Gasteiger charge is -2.19. The van der Waals surface area contributed by atoms with E-state index in [0.717, 1.165) is 0 Å². The Morgan fingerprint density at radius 1 is 1.37 bits per heavy atom. The molecular formula is C12H21BN2O4. The highest BCUT2D eigenvalue weighted by Crippen LogP contribution is 2.09. The molecule has 0 fully saturated rings. The topological polar surface area (TPSA) is 91.7 Å². The van der Waals surface area contributed by atoms with Gasteiger partial charge in [0.2, 0.25) is 0 Å². The van der Waals surface area contributed by atoms with Gasteiger partial charge in [0, 0.05) is 6.20 Å². The van der Waals surface area contributed by atoms with E-state index in [1.807, 2.05) is 13.8 Å². The minimum Gasteiger partial charge on any atom is -0.444 e. The molecule has 0 radical (unpaired) electrons. The third-order valence-electron chi connectivity index (χ3n) is 1.71. The average molecular weight is 268 g/mol. The minimum absolute atomic E-state index is 0.199. The Morgan fingerprint density at radius 2 is 1.95 bits per heavy atom. The van der Waals surface area contributed by atoms with Gasteiger partial charge in [0.1, 0.15) is 11.4 Å². The van der Waals surface area contributed by atoms with E-state index in [9.17, 15) is 4.79 Å². The number of amides is 1. The molecule has 106 valence electrons. The lowest BCUT2D eigenvalue weighted by molar-refractivity contribution is 0.0635. The smallest absolute Gasteiger partial charge is 0.444 e. The second-order valence-corrected chi connectivity index (χ2v) is 4.47. The monoisotopic (exact) mass is 268 g/mol. The summed E-state index contributed by atoms with van der Waals surface area (Å²) in [5.41, 5.74) is -0.357. The van der Waals surface area contributed by atoms with Crippen LogP contribution in [-0.4, -0.2) is 33.8 Å². The molecule has 0 aliphatic heterocycles. The largest absolute Gasteiger partial charge is 0.488 e. The van der Waals surface area contributed by atoms with Crippen molar-refractivity contribution >= 4 is 24.5 Å². The number of hydrogen-bond acceptors (Lipinski definition) is 5. The van der Waals surface area contributed by atoms with Crippen molar-refractivity contribution in [1.82, 2.24) is 4.98 Å². The molecular weight excluding hydrogens is 247 g/mol. The van der Waals surface area contributed by atoms with Crippen molar-refractivity contribution in [3.05, 3.63) is 18.3 Å². The van der Waals surface area contributed by atoms with E-state index in [4.69, 9.17) is 14.8 Å².